The number of imidazole rings is 1. The molecule has 0 radical (unpaired) electrons. The quantitative estimate of drug-likeness (QED) is 0.300. The molecule has 0 spiro atoms. The van der Waals surface area contributed by atoms with Crippen molar-refractivity contribution >= 4 is 22.9 Å². The highest BCUT2D eigenvalue weighted by Crippen LogP contribution is 2.43. The van der Waals surface area contributed by atoms with Crippen LogP contribution in [0, 0.1) is 0 Å². The summed E-state index contributed by atoms with van der Waals surface area (Å²) >= 11 is 0. The molecule has 3 heterocycles. The van der Waals surface area contributed by atoms with E-state index < -0.39 is 30.4 Å². The molecule has 1 saturated carbocycles. The number of azide groups is 1. The van der Waals surface area contributed by atoms with Gasteiger partial charge in [-0.2, -0.15) is 0 Å². The standard InChI is InChI=1S/C20H21N9O3/c1-22-19(31)16-13(27-28-21)15(30)20(32-16)29-9-25-14-17(23-8-24-18(14)29)26-12-7-11(12)10-5-3-2-4-6-10/h2-6,8-9,11-13,15-16,20,30H,7H2,1H3,(H,22,31)(H,23,24,26). The Morgan fingerprint density at radius 2 is 2.12 bits per heavy atom. The zero-order valence-electron chi connectivity index (χ0n) is 17.1. The van der Waals surface area contributed by atoms with E-state index in [1.807, 2.05) is 18.2 Å². The van der Waals surface area contributed by atoms with E-state index in [1.54, 1.807) is 0 Å². The molecule has 164 valence electrons. The van der Waals surface area contributed by atoms with Crippen LogP contribution in [-0.4, -0.2) is 61.9 Å². The largest absolute Gasteiger partial charge is 0.388 e. The number of hydrogen-bond donors (Lipinski definition) is 3. The number of anilines is 1. The molecule has 0 bridgehead atoms. The van der Waals surface area contributed by atoms with Crippen molar-refractivity contribution in [3.63, 3.8) is 0 Å². The number of fused-ring (bicyclic) bond motifs is 1. The van der Waals surface area contributed by atoms with E-state index in [2.05, 4.69) is 47.7 Å². The van der Waals surface area contributed by atoms with Gasteiger partial charge in [-0.05, 0) is 17.5 Å². The van der Waals surface area contributed by atoms with Crippen molar-refractivity contribution in [3.05, 3.63) is 59.0 Å². The van der Waals surface area contributed by atoms with Crippen LogP contribution in [0.5, 0.6) is 0 Å². The van der Waals surface area contributed by atoms with E-state index in [0.29, 0.717) is 22.9 Å². The van der Waals surface area contributed by atoms with Crippen LogP contribution in [0.1, 0.15) is 24.1 Å². The van der Waals surface area contributed by atoms with E-state index in [-0.39, 0.29) is 6.04 Å². The first-order valence-corrected chi connectivity index (χ1v) is 10.2. The smallest absolute Gasteiger partial charge is 0.249 e. The number of nitrogens with one attached hydrogen (secondary N) is 2. The van der Waals surface area contributed by atoms with Crippen molar-refractivity contribution in [3.8, 4) is 0 Å². The Bertz CT molecular complexity index is 1190. The lowest BCUT2D eigenvalue weighted by molar-refractivity contribution is -0.134. The lowest BCUT2D eigenvalue weighted by atomic mass is 10.1. The maximum Gasteiger partial charge on any atom is 0.249 e. The number of rotatable bonds is 6. The van der Waals surface area contributed by atoms with Crippen LogP contribution in [-0.2, 0) is 9.53 Å². The Kier molecular flexibility index (Phi) is 5.10. The number of nitrogens with zero attached hydrogens (tertiary/aromatic N) is 7. The summed E-state index contributed by atoms with van der Waals surface area (Å²) in [7, 11) is 1.44. The minimum Gasteiger partial charge on any atom is -0.388 e. The third-order valence-electron chi connectivity index (χ3n) is 5.90. The monoisotopic (exact) mass is 435 g/mol. The fourth-order valence-corrected chi connectivity index (χ4v) is 4.18. The van der Waals surface area contributed by atoms with Gasteiger partial charge in [0.1, 0.15) is 24.6 Å². The predicted octanol–water partition coefficient (Wildman–Crippen LogP) is 1.48. The molecule has 3 aromatic rings. The van der Waals surface area contributed by atoms with Gasteiger partial charge in [-0.1, -0.05) is 35.4 Å². The highest BCUT2D eigenvalue weighted by atomic mass is 16.5. The van der Waals surface area contributed by atoms with E-state index in [9.17, 15) is 9.90 Å². The highest BCUT2D eigenvalue weighted by molar-refractivity contribution is 5.84. The third-order valence-corrected chi connectivity index (χ3v) is 5.90. The van der Waals surface area contributed by atoms with E-state index in [4.69, 9.17) is 10.3 Å². The van der Waals surface area contributed by atoms with Gasteiger partial charge >= 0.3 is 0 Å². The number of aromatic nitrogens is 4. The molecule has 12 heteroatoms. The summed E-state index contributed by atoms with van der Waals surface area (Å²) in [5.74, 6) is 0.492. The van der Waals surface area contributed by atoms with Crippen LogP contribution < -0.4 is 10.6 Å². The van der Waals surface area contributed by atoms with E-state index in [1.165, 1.54) is 29.8 Å². The minimum atomic E-state index is -1.26. The zero-order chi connectivity index (χ0) is 22.2. The Hall–Kier alpha value is -3.73. The first-order chi connectivity index (χ1) is 15.6. The van der Waals surface area contributed by atoms with E-state index >= 15 is 0 Å². The van der Waals surface area contributed by atoms with Crippen LogP contribution in [0.2, 0.25) is 0 Å². The zero-order valence-corrected chi connectivity index (χ0v) is 17.1. The molecular weight excluding hydrogens is 414 g/mol. The first-order valence-electron chi connectivity index (χ1n) is 10.2. The molecule has 6 unspecified atom stereocenters. The summed E-state index contributed by atoms with van der Waals surface area (Å²) in [6, 6.07) is 9.42. The van der Waals surface area contributed by atoms with Crippen molar-refractivity contribution in [1.29, 1.82) is 0 Å². The number of aliphatic hydroxyl groups excluding tert-OH is 1. The minimum absolute atomic E-state index is 0.237. The Labute approximate surface area is 182 Å². The maximum atomic E-state index is 12.2. The number of aliphatic hydroxyl groups is 1. The lowest BCUT2D eigenvalue weighted by Crippen LogP contribution is -2.40. The number of benzene rings is 1. The SMILES string of the molecule is CNC(=O)C1OC(n2cnc3c(NC4CC4c4ccccc4)ncnc32)C(O)C1N=[N+]=[N-]. The summed E-state index contributed by atoms with van der Waals surface area (Å²) in [6.45, 7) is 0. The number of likely N-dealkylation sites (N-methyl/N-ethyl adjacent to an activating group) is 1. The van der Waals surface area contributed by atoms with Crippen LogP contribution in [0.3, 0.4) is 0 Å². The summed E-state index contributed by atoms with van der Waals surface area (Å²) < 4.78 is 7.29. The Morgan fingerprint density at radius 3 is 2.88 bits per heavy atom. The predicted molar refractivity (Wildman–Crippen MR) is 113 cm³/mol. The molecule has 2 aromatic heterocycles. The summed E-state index contributed by atoms with van der Waals surface area (Å²) in [5.41, 5.74) is 11.1. The molecule has 2 aliphatic rings. The van der Waals surface area contributed by atoms with Gasteiger partial charge in [-0.3, -0.25) is 9.36 Å². The molecule has 2 fully saturated rings. The van der Waals surface area contributed by atoms with Crippen molar-refractivity contribution < 1.29 is 14.6 Å². The topological polar surface area (TPSA) is 163 Å². The van der Waals surface area contributed by atoms with Crippen molar-refractivity contribution in [1.82, 2.24) is 24.8 Å². The molecule has 3 N–H and O–H groups in total. The number of amides is 1. The maximum absolute atomic E-state index is 12.2. The van der Waals surface area contributed by atoms with Gasteiger partial charge in [0.15, 0.2) is 23.2 Å². The number of carbonyl (C=O) groups is 1. The number of ether oxygens (including phenoxy) is 1. The fraction of sp³-hybridized carbons (Fsp3) is 0.400. The van der Waals surface area contributed by atoms with Gasteiger partial charge in [-0.15, -0.1) is 0 Å². The van der Waals surface area contributed by atoms with Gasteiger partial charge in [0.25, 0.3) is 0 Å². The second-order valence-electron chi connectivity index (χ2n) is 7.80. The van der Waals surface area contributed by atoms with Gasteiger partial charge in [0.05, 0.1) is 6.33 Å². The normalized spacial score (nSPS) is 28.8. The van der Waals surface area contributed by atoms with Crippen molar-refractivity contribution in [2.45, 2.75) is 42.9 Å². The molecule has 1 saturated heterocycles. The second-order valence-corrected chi connectivity index (χ2v) is 7.80. The van der Waals surface area contributed by atoms with Gasteiger partial charge < -0.3 is 20.5 Å². The Morgan fingerprint density at radius 1 is 1.31 bits per heavy atom. The van der Waals surface area contributed by atoms with Crippen LogP contribution >= 0.6 is 0 Å². The lowest BCUT2D eigenvalue weighted by Gasteiger charge is -2.16. The number of hydrogen-bond acceptors (Lipinski definition) is 8. The molecule has 12 nitrogen and oxygen atoms in total. The molecule has 6 atom stereocenters. The highest BCUT2D eigenvalue weighted by Gasteiger charge is 2.48. The van der Waals surface area contributed by atoms with Crippen LogP contribution in [0.4, 0.5) is 5.82 Å². The van der Waals surface area contributed by atoms with E-state index in [0.717, 1.165) is 6.42 Å². The average molecular weight is 435 g/mol. The molecular formula is C20H21N9O3. The molecule has 1 aliphatic heterocycles. The van der Waals surface area contributed by atoms with Gasteiger partial charge in [0, 0.05) is 23.9 Å². The van der Waals surface area contributed by atoms with Crippen molar-refractivity contribution in [2.75, 3.05) is 12.4 Å². The molecule has 1 amide bonds. The summed E-state index contributed by atoms with van der Waals surface area (Å²) in [5, 5.41) is 20.2. The molecule has 1 aliphatic carbocycles. The second kappa shape index (κ2) is 8.08. The summed E-state index contributed by atoms with van der Waals surface area (Å²) in [4.78, 5) is 28.0. The van der Waals surface area contributed by atoms with Gasteiger partial charge in [-0.25, -0.2) is 15.0 Å². The first kappa shape index (κ1) is 20.2. The van der Waals surface area contributed by atoms with Crippen molar-refractivity contribution in [2.24, 2.45) is 5.11 Å². The molecule has 1 aromatic carbocycles. The average Bonchev–Trinajstić information content (AvgIpc) is 3.34. The number of carbonyl (C=O) groups excluding carboxylic acids is 1. The van der Waals surface area contributed by atoms with Crippen LogP contribution in [0.25, 0.3) is 21.6 Å². The fourth-order valence-electron chi connectivity index (χ4n) is 4.18. The molecule has 5 rings (SSSR count). The van der Waals surface area contributed by atoms with Crippen LogP contribution in [0.15, 0.2) is 48.1 Å². The van der Waals surface area contributed by atoms with Gasteiger partial charge in [0.2, 0.25) is 5.91 Å². The third kappa shape index (κ3) is 3.40. The molecule has 32 heavy (non-hydrogen) atoms. The Balaban J connectivity index is 1.41. The summed E-state index contributed by atoms with van der Waals surface area (Å²) in [6.07, 6.45) is 0.472.